The molecule has 0 spiro atoms. The van der Waals surface area contributed by atoms with Crippen molar-refractivity contribution < 1.29 is 19.1 Å². The summed E-state index contributed by atoms with van der Waals surface area (Å²) in [4.78, 5) is 39.7. The van der Waals surface area contributed by atoms with Gasteiger partial charge in [-0.3, -0.25) is 24.2 Å². The number of carbonyl (C=O) groups excluding carboxylic acids is 3. The molecule has 1 atom stereocenters. The van der Waals surface area contributed by atoms with E-state index < -0.39 is 11.8 Å². The quantitative estimate of drug-likeness (QED) is 0.583. The monoisotopic (exact) mass is 388 g/mol. The highest BCUT2D eigenvalue weighted by Crippen LogP contribution is 2.32. The molecule has 0 saturated carbocycles. The zero-order valence-electron chi connectivity index (χ0n) is 12.8. The van der Waals surface area contributed by atoms with Crippen molar-refractivity contribution in [3.05, 3.63) is 33.3 Å². The standard InChI is InChI=1S/C15H14Cl2N2O4S/c1-23-15(22)12-6-18(2-3-24-12)7-19-13(20)8-4-10(16)11(17)5-9(8)14(19)21/h4-5,12H,2-3,6-7H2,1H3/t12-/m0/s1. The number of nitrogens with zero attached hydrogens (tertiary/aromatic N) is 2. The minimum Gasteiger partial charge on any atom is -0.468 e. The minimum atomic E-state index is -0.401. The van der Waals surface area contributed by atoms with Crippen LogP contribution in [-0.4, -0.2) is 65.5 Å². The summed E-state index contributed by atoms with van der Waals surface area (Å²) in [5.74, 6) is -0.380. The van der Waals surface area contributed by atoms with E-state index in [4.69, 9.17) is 27.9 Å². The van der Waals surface area contributed by atoms with E-state index in [-0.39, 0.29) is 39.1 Å². The Morgan fingerprint density at radius 1 is 1.25 bits per heavy atom. The van der Waals surface area contributed by atoms with Crippen LogP contribution in [-0.2, 0) is 9.53 Å². The van der Waals surface area contributed by atoms with Crippen molar-refractivity contribution in [1.82, 2.24) is 9.80 Å². The van der Waals surface area contributed by atoms with Gasteiger partial charge in [0.05, 0.1) is 35.0 Å². The number of benzene rings is 1. The van der Waals surface area contributed by atoms with Gasteiger partial charge in [0.15, 0.2) is 0 Å². The van der Waals surface area contributed by atoms with Crippen LogP contribution in [0.5, 0.6) is 0 Å². The average molecular weight is 389 g/mol. The second-order valence-electron chi connectivity index (χ2n) is 5.45. The molecule has 128 valence electrons. The number of imide groups is 1. The Morgan fingerprint density at radius 2 is 1.83 bits per heavy atom. The second kappa shape index (κ2) is 6.92. The van der Waals surface area contributed by atoms with E-state index in [1.165, 1.54) is 31.0 Å². The molecule has 6 nitrogen and oxygen atoms in total. The van der Waals surface area contributed by atoms with Crippen molar-refractivity contribution >= 4 is 52.7 Å². The highest BCUT2D eigenvalue weighted by Gasteiger charge is 2.38. The first kappa shape index (κ1) is 17.5. The summed E-state index contributed by atoms with van der Waals surface area (Å²) >= 11 is 13.4. The molecule has 1 aromatic rings. The topological polar surface area (TPSA) is 66.9 Å². The Morgan fingerprint density at radius 3 is 2.38 bits per heavy atom. The molecule has 3 rings (SSSR count). The Labute approximate surface area is 153 Å². The van der Waals surface area contributed by atoms with Gasteiger partial charge in [0.25, 0.3) is 11.8 Å². The molecule has 0 radical (unpaired) electrons. The van der Waals surface area contributed by atoms with Gasteiger partial charge in [-0.2, -0.15) is 0 Å². The minimum absolute atomic E-state index is 0.121. The SMILES string of the molecule is COC(=O)[C@@H]1CN(CN2C(=O)c3cc(Cl)c(Cl)cc3C2=O)CCS1. The lowest BCUT2D eigenvalue weighted by Gasteiger charge is -2.32. The number of carbonyl (C=O) groups is 3. The summed E-state index contributed by atoms with van der Waals surface area (Å²) in [5, 5.41) is 0.153. The van der Waals surface area contributed by atoms with Gasteiger partial charge in [0.2, 0.25) is 0 Å². The summed E-state index contributed by atoms with van der Waals surface area (Å²) in [6, 6.07) is 2.84. The highest BCUT2D eigenvalue weighted by molar-refractivity contribution is 8.00. The molecule has 0 N–H and O–H groups in total. The third-order valence-corrected chi connectivity index (χ3v) is 5.85. The van der Waals surface area contributed by atoms with E-state index >= 15 is 0 Å². The maximum Gasteiger partial charge on any atom is 0.320 e. The van der Waals surface area contributed by atoms with Gasteiger partial charge >= 0.3 is 5.97 Å². The van der Waals surface area contributed by atoms with Crippen LogP contribution in [0.1, 0.15) is 20.7 Å². The molecule has 2 aliphatic rings. The molecule has 2 heterocycles. The molecular formula is C15H14Cl2N2O4S. The Balaban J connectivity index is 1.76. The molecule has 1 aromatic carbocycles. The Bertz CT molecular complexity index is 687. The second-order valence-corrected chi connectivity index (χ2v) is 7.58. The van der Waals surface area contributed by atoms with Gasteiger partial charge in [0, 0.05) is 18.8 Å². The van der Waals surface area contributed by atoms with E-state index in [0.717, 1.165) is 10.7 Å². The molecule has 1 saturated heterocycles. The van der Waals surface area contributed by atoms with Crippen LogP contribution in [0, 0.1) is 0 Å². The molecule has 24 heavy (non-hydrogen) atoms. The predicted octanol–water partition coefficient (Wildman–Crippen LogP) is 2.14. The van der Waals surface area contributed by atoms with Crippen molar-refractivity contribution in [3.8, 4) is 0 Å². The van der Waals surface area contributed by atoms with Crippen LogP contribution in [0.2, 0.25) is 10.0 Å². The largest absolute Gasteiger partial charge is 0.468 e. The molecule has 0 aliphatic carbocycles. The van der Waals surface area contributed by atoms with E-state index in [0.29, 0.717) is 13.1 Å². The molecule has 2 amide bonds. The lowest BCUT2D eigenvalue weighted by Crippen LogP contribution is -2.48. The highest BCUT2D eigenvalue weighted by atomic mass is 35.5. The summed E-state index contributed by atoms with van der Waals surface area (Å²) in [5.41, 5.74) is 0.510. The van der Waals surface area contributed by atoms with Crippen LogP contribution in [0.4, 0.5) is 0 Å². The fraction of sp³-hybridized carbons (Fsp3) is 0.400. The van der Waals surface area contributed by atoms with Gasteiger partial charge in [-0.25, -0.2) is 0 Å². The Hall–Kier alpha value is -1.28. The number of thioether (sulfide) groups is 1. The molecule has 0 bridgehead atoms. The first-order valence-corrected chi connectivity index (χ1v) is 9.00. The first-order valence-electron chi connectivity index (χ1n) is 7.19. The number of ether oxygens (including phenoxy) is 1. The predicted molar refractivity (Wildman–Crippen MR) is 91.7 cm³/mol. The van der Waals surface area contributed by atoms with Crippen LogP contribution >= 0.6 is 35.0 Å². The number of esters is 1. The van der Waals surface area contributed by atoms with Crippen LogP contribution in [0.3, 0.4) is 0 Å². The normalized spacial score (nSPS) is 21.1. The number of fused-ring (bicyclic) bond motifs is 1. The van der Waals surface area contributed by atoms with Crippen molar-refractivity contribution in [1.29, 1.82) is 0 Å². The van der Waals surface area contributed by atoms with Crippen LogP contribution < -0.4 is 0 Å². The number of halogens is 2. The molecule has 0 aromatic heterocycles. The molecule has 1 fully saturated rings. The summed E-state index contributed by atoms with van der Waals surface area (Å²) in [6.45, 7) is 1.22. The van der Waals surface area contributed by atoms with Crippen molar-refractivity contribution in [2.24, 2.45) is 0 Å². The molecular weight excluding hydrogens is 375 g/mol. The number of rotatable bonds is 3. The van der Waals surface area contributed by atoms with Crippen LogP contribution in [0.15, 0.2) is 12.1 Å². The fourth-order valence-electron chi connectivity index (χ4n) is 2.72. The van der Waals surface area contributed by atoms with Crippen LogP contribution in [0.25, 0.3) is 0 Å². The van der Waals surface area contributed by atoms with Crippen molar-refractivity contribution in [2.75, 3.05) is 32.6 Å². The lowest BCUT2D eigenvalue weighted by molar-refractivity contribution is -0.140. The van der Waals surface area contributed by atoms with E-state index in [2.05, 4.69) is 0 Å². The van der Waals surface area contributed by atoms with Gasteiger partial charge in [-0.1, -0.05) is 23.2 Å². The Kier molecular flexibility index (Phi) is 5.05. The summed E-state index contributed by atoms with van der Waals surface area (Å²) < 4.78 is 4.76. The van der Waals surface area contributed by atoms with Gasteiger partial charge < -0.3 is 4.74 Å². The zero-order chi connectivity index (χ0) is 17.4. The average Bonchev–Trinajstić information content (AvgIpc) is 2.80. The van der Waals surface area contributed by atoms with Gasteiger partial charge in [0.1, 0.15) is 5.25 Å². The van der Waals surface area contributed by atoms with Crippen molar-refractivity contribution in [2.45, 2.75) is 5.25 Å². The molecule has 2 aliphatic heterocycles. The zero-order valence-corrected chi connectivity index (χ0v) is 15.1. The van der Waals surface area contributed by atoms with Crippen molar-refractivity contribution in [3.63, 3.8) is 0 Å². The molecule has 0 unspecified atom stereocenters. The van der Waals surface area contributed by atoms with Gasteiger partial charge in [-0.15, -0.1) is 11.8 Å². The third kappa shape index (κ3) is 3.13. The number of methoxy groups -OCH3 is 1. The lowest BCUT2D eigenvalue weighted by atomic mass is 10.1. The number of hydrogen-bond acceptors (Lipinski definition) is 6. The van der Waals surface area contributed by atoms with E-state index in [1.807, 2.05) is 4.90 Å². The third-order valence-electron chi connectivity index (χ3n) is 3.97. The molecule has 9 heteroatoms. The van der Waals surface area contributed by atoms with E-state index in [1.54, 1.807) is 0 Å². The van der Waals surface area contributed by atoms with E-state index in [9.17, 15) is 14.4 Å². The number of hydrogen-bond donors (Lipinski definition) is 0. The maximum absolute atomic E-state index is 12.5. The summed E-state index contributed by atoms with van der Waals surface area (Å²) in [6.07, 6.45) is 0. The first-order chi connectivity index (χ1) is 11.4. The smallest absolute Gasteiger partial charge is 0.320 e. The fourth-order valence-corrected chi connectivity index (χ4v) is 4.24. The maximum atomic E-state index is 12.5. The number of amides is 2. The summed E-state index contributed by atoms with van der Waals surface area (Å²) in [7, 11) is 1.35. The van der Waals surface area contributed by atoms with Gasteiger partial charge in [-0.05, 0) is 12.1 Å².